The molecule has 0 radical (unpaired) electrons. The highest BCUT2D eigenvalue weighted by molar-refractivity contribution is 6.05. The molecule has 4 N–H and O–H groups in total. The summed E-state index contributed by atoms with van der Waals surface area (Å²) in [6.45, 7) is 0.355. The molecule has 0 saturated heterocycles. The number of anilines is 2. The van der Waals surface area contributed by atoms with E-state index in [1.165, 1.54) is 0 Å². The van der Waals surface area contributed by atoms with Crippen molar-refractivity contribution in [1.29, 1.82) is 0 Å². The minimum atomic E-state index is -0.243. The number of nitrogens with two attached hydrogens (primary N) is 1. The Bertz CT molecular complexity index is 1180. The average molecular weight is 385 g/mol. The van der Waals surface area contributed by atoms with Gasteiger partial charge in [0.25, 0.3) is 11.8 Å². The molecule has 29 heavy (non-hydrogen) atoms. The zero-order valence-electron chi connectivity index (χ0n) is 15.5. The SMILES string of the molecule is Nc1ccccc1NC(=O)c1ccc(CNC(=O)c2ccc3cncn3c2)cc1. The Morgan fingerprint density at radius 2 is 1.69 bits per heavy atom. The zero-order valence-corrected chi connectivity index (χ0v) is 15.5. The summed E-state index contributed by atoms with van der Waals surface area (Å²) < 4.78 is 1.79. The Kier molecular flexibility index (Phi) is 4.94. The van der Waals surface area contributed by atoms with E-state index >= 15 is 0 Å². The zero-order chi connectivity index (χ0) is 20.2. The average Bonchev–Trinajstić information content (AvgIpc) is 3.22. The number of hydrogen-bond acceptors (Lipinski definition) is 4. The first-order chi connectivity index (χ1) is 14.1. The third-order valence-electron chi connectivity index (χ3n) is 4.55. The molecule has 0 aliphatic rings. The van der Waals surface area contributed by atoms with Gasteiger partial charge in [-0.2, -0.15) is 0 Å². The molecule has 2 aromatic carbocycles. The molecule has 4 rings (SSSR count). The smallest absolute Gasteiger partial charge is 0.255 e. The molecule has 0 bridgehead atoms. The van der Waals surface area contributed by atoms with Crippen LogP contribution in [-0.4, -0.2) is 21.2 Å². The lowest BCUT2D eigenvalue weighted by atomic mass is 10.1. The number of hydrogen-bond donors (Lipinski definition) is 3. The van der Waals surface area contributed by atoms with Gasteiger partial charge in [0.2, 0.25) is 0 Å². The first-order valence-electron chi connectivity index (χ1n) is 9.05. The molecule has 4 aromatic rings. The molecule has 0 aliphatic heterocycles. The normalized spacial score (nSPS) is 10.6. The number of nitrogens with zero attached hydrogens (tertiary/aromatic N) is 2. The van der Waals surface area contributed by atoms with Gasteiger partial charge >= 0.3 is 0 Å². The Labute approximate surface area is 167 Å². The fourth-order valence-corrected chi connectivity index (χ4v) is 2.92. The van der Waals surface area contributed by atoms with Gasteiger partial charge in [0.1, 0.15) is 0 Å². The van der Waals surface area contributed by atoms with Crippen molar-refractivity contribution < 1.29 is 9.59 Å². The summed E-state index contributed by atoms with van der Waals surface area (Å²) in [7, 11) is 0. The first-order valence-corrected chi connectivity index (χ1v) is 9.05. The van der Waals surface area contributed by atoms with Gasteiger partial charge in [-0.1, -0.05) is 24.3 Å². The first kappa shape index (κ1) is 18.2. The third kappa shape index (κ3) is 4.08. The molecule has 0 unspecified atom stereocenters. The highest BCUT2D eigenvalue weighted by atomic mass is 16.2. The molecule has 7 heteroatoms. The number of amides is 2. The van der Waals surface area contributed by atoms with E-state index in [2.05, 4.69) is 15.6 Å². The summed E-state index contributed by atoms with van der Waals surface area (Å²) >= 11 is 0. The number of benzene rings is 2. The van der Waals surface area contributed by atoms with E-state index < -0.39 is 0 Å². The maximum Gasteiger partial charge on any atom is 0.255 e. The molecule has 2 heterocycles. The number of carbonyl (C=O) groups excluding carboxylic acids is 2. The highest BCUT2D eigenvalue weighted by Gasteiger charge is 2.09. The van der Waals surface area contributed by atoms with Gasteiger partial charge in [-0.25, -0.2) is 4.98 Å². The highest BCUT2D eigenvalue weighted by Crippen LogP contribution is 2.18. The molecule has 7 nitrogen and oxygen atoms in total. The van der Waals surface area contributed by atoms with Gasteiger partial charge in [-0.05, 0) is 42.0 Å². The van der Waals surface area contributed by atoms with E-state index in [9.17, 15) is 9.59 Å². The number of rotatable bonds is 5. The van der Waals surface area contributed by atoms with Crippen LogP contribution < -0.4 is 16.4 Å². The minimum Gasteiger partial charge on any atom is -0.397 e. The molecule has 0 aliphatic carbocycles. The summed E-state index contributed by atoms with van der Waals surface area (Å²) in [4.78, 5) is 28.8. The quantitative estimate of drug-likeness (QED) is 0.460. The molecule has 144 valence electrons. The summed E-state index contributed by atoms with van der Waals surface area (Å²) in [6.07, 6.45) is 5.12. The number of pyridine rings is 1. The van der Waals surface area contributed by atoms with Crippen molar-refractivity contribution in [2.45, 2.75) is 6.54 Å². The Morgan fingerprint density at radius 3 is 2.48 bits per heavy atom. The standard InChI is InChI=1S/C22H19N5O2/c23-19-3-1-2-4-20(19)26-22(29)16-7-5-15(6-8-16)11-25-21(28)17-9-10-18-12-24-14-27(18)13-17/h1-10,12-14H,11,23H2,(H,25,28)(H,26,29). The van der Waals surface area contributed by atoms with E-state index in [-0.39, 0.29) is 11.8 Å². The molecule has 0 fully saturated rings. The predicted molar refractivity (Wildman–Crippen MR) is 112 cm³/mol. The van der Waals surface area contributed by atoms with Crippen molar-refractivity contribution in [3.8, 4) is 0 Å². The van der Waals surface area contributed by atoms with Crippen LogP contribution in [0.4, 0.5) is 11.4 Å². The van der Waals surface area contributed by atoms with Crippen molar-refractivity contribution in [3.05, 3.63) is 96.1 Å². The van der Waals surface area contributed by atoms with Gasteiger partial charge in [0, 0.05) is 18.3 Å². The van der Waals surface area contributed by atoms with Crippen molar-refractivity contribution >= 4 is 28.7 Å². The second kappa shape index (κ2) is 7.85. The molecule has 0 spiro atoms. The van der Waals surface area contributed by atoms with Gasteiger partial charge in [-0.15, -0.1) is 0 Å². The summed E-state index contributed by atoms with van der Waals surface area (Å²) in [6, 6.07) is 17.7. The maximum absolute atomic E-state index is 12.4. The number of nitrogen functional groups attached to an aromatic ring is 1. The number of imidazole rings is 1. The minimum absolute atomic E-state index is 0.179. The lowest BCUT2D eigenvalue weighted by Crippen LogP contribution is -2.23. The summed E-state index contributed by atoms with van der Waals surface area (Å²) in [5.74, 6) is -0.422. The van der Waals surface area contributed by atoms with Crippen molar-refractivity contribution in [2.75, 3.05) is 11.1 Å². The summed E-state index contributed by atoms with van der Waals surface area (Å²) in [5, 5.41) is 5.67. The Balaban J connectivity index is 1.37. The van der Waals surface area contributed by atoms with E-state index in [1.54, 1.807) is 53.5 Å². The van der Waals surface area contributed by atoms with E-state index in [1.807, 2.05) is 30.3 Å². The molecular formula is C22H19N5O2. The number of para-hydroxylation sites is 2. The fourth-order valence-electron chi connectivity index (χ4n) is 2.92. The lowest BCUT2D eigenvalue weighted by molar-refractivity contribution is 0.0949. The number of carbonyl (C=O) groups is 2. The van der Waals surface area contributed by atoms with Gasteiger partial charge in [0.15, 0.2) is 0 Å². The van der Waals surface area contributed by atoms with Crippen LogP contribution in [0.3, 0.4) is 0 Å². The maximum atomic E-state index is 12.4. The number of fused-ring (bicyclic) bond motifs is 1. The number of aromatic nitrogens is 2. The van der Waals surface area contributed by atoms with Gasteiger partial charge < -0.3 is 20.8 Å². The molecule has 0 atom stereocenters. The number of nitrogens with one attached hydrogen (secondary N) is 2. The fraction of sp³-hybridized carbons (Fsp3) is 0.0455. The second-order valence-electron chi connectivity index (χ2n) is 6.56. The van der Waals surface area contributed by atoms with Crippen LogP contribution in [0.1, 0.15) is 26.3 Å². The van der Waals surface area contributed by atoms with Crippen LogP contribution in [-0.2, 0) is 6.54 Å². The van der Waals surface area contributed by atoms with Crippen LogP contribution in [0.2, 0.25) is 0 Å². The molecule has 2 amide bonds. The van der Waals surface area contributed by atoms with Crippen LogP contribution in [0.25, 0.3) is 5.52 Å². The van der Waals surface area contributed by atoms with Gasteiger partial charge in [0.05, 0.1) is 35.0 Å². The van der Waals surface area contributed by atoms with Crippen molar-refractivity contribution in [1.82, 2.24) is 14.7 Å². The van der Waals surface area contributed by atoms with Crippen molar-refractivity contribution in [3.63, 3.8) is 0 Å². The van der Waals surface area contributed by atoms with Crippen LogP contribution in [0.5, 0.6) is 0 Å². The lowest BCUT2D eigenvalue weighted by Gasteiger charge is -2.09. The van der Waals surface area contributed by atoms with E-state index in [4.69, 9.17) is 5.73 Å². The van der Waals surface area contributed by atoms with Crippen molar-refractivity contribution in [2.24, 2.45) is 0 Å². The molecule has 2 aromatic heterocycles. The van der Waals surface area contributed by atoms with E-state index in [0.717, 1.165) is 11.1 Å². The predicted octanol–water partition coefficient (Wildman–Crippen LogP) is 3.10. The largest absolute Gasteiger partial charge is 0.397 e. The Hall–Kier alpha value is -4.13. The monoisotopic (exact) mass is 385 g/mol. The van der Waals surface area contributed by atoms with Crippen LogP contribution in [0, 0.1) is 0 Å². The van der Waals surface area contributed by atoms with Crippen LogP contribution in [0.15, 0.2) is 79.4 Å². The van der Waals surface area contributed by atoms with Crippen LogP contribution >= 0.6 is 0 Å². The second-order valence-corrected chi connectivity index (χ2v) is 6.56. The summed E-state index contributed by atoms with van der Waals surface area (Å²) in [5.41, 5.74) is 9.80. The third-order valence-corrected chi connectivity index (χ3v) is 4.55. The van der Waals surface area contributed by atoms with Gasteiger partial charge in [-0.3, -0.25) is 9.59 Å². The molecular weight excluding hydrogens is 366 g/mol. The molecule has 0 saturated carbocycles. The Morgan fingerprint density at radius 1 is 0.931 bits per heavy atom. The van der Waals surface area contributed by atoms with E-state index in [0.29, 0.717) is 29.0 Å². The topological polar surface area (TPSA) is 102 Å².